The van der Waals surface area contributed by atoms with Gasteiger partial charge in [0.25, 0.3) is 0 Å². The second-order valence-corrected chi connectivity index (χ2v) is 10.6. The second-order valence-electron chi connectivity index (χ2n) is 8.64. The number of fused-ring (bicyclic) bond motifs is 2. The molecule has 0 atom stereocenters. The van der Waals surface area contributed by atoms with E-state index in [1.54, 1.807) is 18.3 Å². The molecule has 0 spiro atoms. The molecule has 0 bridgehead atoms. The van der Waals surface area contributed by atoms with Gasteiger partial charge in [0.15, 0.2) is 14.9 Å². The number of nitrogens with two attached hydrogens (primary N) is 1. The summed E-state index contributed by atoms with van der Waals surface area (Å²) in [5.74, 6) is 0.549. The average Bonchev–Trinajstić information content (AvgIpc) is 2.83. The lowest BCUT2D eigenvalue weighted by molar-refractivity contribution is 0.599. The van der Waals surface area contributed by atoms with E-state index in [9.17, 15) is 8.42 Å². The van der Waals surface area contributed by atoms with Gasteiger partial charge < -0.3 is 11.1 Å². The SMILES string of the molecule is CS(=O)(=O)c1ccc2cc(Cc3cc(CNCc4ccc5c(N)nccc5c4)ccn3)ccc2n1. The van der Waals surface area contributed by atoms with E-state index >= 15 is 0 Å². The van der Waals surface area contributed by atoms with Gasteiger partial charge in [-0.25, -0.2) is 18.4 Å². The molecule has 0 aliphatic heterocycles. The van der Waals surface area contributed by atoms with Crippen molar-refractivity contribution in [3.8, 4) is 0 Å². The Kier molecular flexibility index (Phi) is 6.15. The fraction of sp³-hybridized carbons (Fsp3) is 0.148. The van der Waals surface area contributed by atoms with Crippen molar-refractivity contribution in [3.05, 3.63) is 102 Å². The summed E-state index contributed by atoms with van der Waals surface area (Å²) in [6, 6.07) is 21.5. The fourth-order valence-corrected chi connectivity index (χ4v) is 4.71. The maximum absolute atomic E-state index is 11.8. The molecule has 8 heteroatoms. The normalized spacial score (nSPS) is 11.8. The Hall–Kier alpha value is -3.88. The van der Waals surface area contributed by atoms with Crippen LogP contribution in [-0.4, -0.2) is 29.6 Å². The topological polar surface area (TPSA) is 111 Å². The van der Waals surface area contributed by atoms with Crippen molar-refractivity contribution < 1.29 is 8.42 Å². The third-order valence-electron chi connectivity index (χ3n) is 5.89. The molecule has 0 unspecified atom stereocenters. The van der Waals surface area contributed by atoms with Crippen molar-refractivity contribution in [1.29, 1.82) is 0 Å². The minimum absolute atomic E-state index is 0.0875. The Morgan fingerprint density at radius 1 is 0.800 bits per heavy atom. The summed E-state index contributed by atoms with van der Waals surface area (Å²) >= 11 is 0. The molecule has 0 radical (unpaired) electrons. The minimum Gasteiger partial charge on any atom is -0.383 e. The highest BCUT2D eigenvalue weighted by Crippen LogP contribution is 2.21. The molecular weight excluding hydrogens is 458 g/mol. The molecule has 0 aliphatic rings. The highest BCUT2D eigenvalue weighted by atomic mass is 32.2. The van der Waals surface area contributed by atoms with Crippen LogP contribution in [0.3, 0.4) is 0 Å². The molecule has 0 saturated heterocycles. The highest BCUT2D eigenvalue weighted by molar-refractivity contribution is 7.90. The van der Waals surface area contributed by atoms with Crippen LogP contribution in [0.1, 0.15) is 22.4 Å². The number of nitrogen functional groups attached to an aromatic ring is 1. The summed E-state index contributed by atoms with van der Waals surface area (Å²) in [4.78, 5) is 12.9. The second kappa shape index (κ2) is 9.40. The lowest BCUT2D eigenvalue weighted by atomic mass is 10.1. The number of rotatable bonds is 7. The molecule has 3 aromatic heterocycles. The van der Waals surface area contributed by atoms with Crippen LogP contribution in [-0.2, 0) is 29.3 Å². The Bertz CT molecular complexity index is 1650. The van der Waals surface area contributed by atoms with Crippen molar-refractivity contribution in [3.63, 3.8) is 0 Å². The molecular formula is C27H25N5O2S. The van der Waals surface area contributed by atoms with Crippen molar-refractivity contribution in [2.45, 2.75) is 24.5 Å². The first-order valence-corrected chi connectivity index (χ1v) is 13.1. The lowest BCUT2D eigenvalue weighted by Crippen LogP contribution is -2.13. The van der Waals surface area contributed by atoms with Gasteiger partial charge in [-0.15, -0.1) is 0 Å². The molecule has 0 aliphatic carbocycles. The largest absolute Gasteiger partial charge is 0.383 e. The van der Waals surface area contributed by atoms with E-state index in [-0.39, 0.29) is 5.03 Å². The maximum atomic E-state index is 11.8. The third kappa shape index (κ3) is 5.29. The fourth-order valence-electron chi connectivity index (χ4n) is 4.13. The predicted molar refractivity (Wildman–Crippen MR) is 139 cm³/mol. The van der Waals surface area contributed by atoms with Gasteiger partial charge in [0.05, 0.1) is 5.52 Å². The lowest BCUT2D eigenvalue weighted by Gasteiger charge is -2.09. The van der Waals surface area contributed by atoms with Crippen LogP contribution in [0.4, 0.5) is 5.82 Å². The van der Waals surface area contributed by atoms with Gasteiger partial charge in [-0.2, -0.15) is 0 Å². The quantitative estimate of drug-likeness (QED) is 0.359. The number of nitrogens with one attached hydrogen (secondary N) is 1. The molecule has 176 valence electrons. The van der Waals surface area contributed by atoms with Crippen LogP contribution in [0.5, 0.6) is 0 Å². The highest BCUT2D eigenvalue weighted by Gasteiger charge is 2.10. The number of nitrogens with zero attached hydrogens (tertiary/aromatic N) is 3. The smallest absolute Gasteiger partial charge is 0.192 e. The van der Waals surface area contributed by atoms with Crippen LogP contribution in [0, 0.1) is 0 Å². The number of hydrogen-bond donors (Lipinski definition) is 2. The van der Waals surface area contributed by atoms with Gasteiger partial charge >= 0.3 is 0 Å². The monoisotopic (exact) mass is 483 g/mol. The molecule has 2 aromatic carbocycles. The summed E-state index contributed by atoms with van der Waals surface area (Å²) in [6.45, 7) is 1.46. The van der Waals surface area contributed by atoms with E-state index in [2.05, 4.69) is 38.5 Å². The summed E-state index contributed by atoms with van der Waals surface area (Å²) in [7, 11) is -3.33. The van der Waals surface area contributed by atoms with Gasteiger partial charge in [0.2, 0.25) is 0 Å². The van der Waals surface area contributed by atoms with E-state index in [0.29, 0.717) is 17.8 Å². The van der Waals surface area contributed by atoms with Crippen molar-refractivity contribution in [1.82, 2.24) is 20.3 Å². The van der Waals surface area contributed by atoms with Gasteiger partial charge in [-0.3, -0.25) is 4.98 Å². The molecule has 0 saturated carbocycles. The first kappa shape index (κ1) is 22.9. The first-order chi connectivity index (χ1) is 16.8. The summed E-state index contributed by atoms with van der Waals surface area (Å²) in [6.07, 6.45) is 5.40. The van der Waals surface area contributed by atoms with Gasteiger partial charge in [-0.05, 0) is 70.6 Å². The average molecular weight is 484 g/mol. The molecule has 7 nitrogen and oxygen atoms in total. The van der Waals surface area contributed by atoms with E-state index in [1.807, 2.05) is 42.6 Å². The van der Waals surface area contributed by atoms with Gasteiger partial charge in [0, 0.05) is 54.6 Å². The number of pyridine rings is 3. The molecule has 3 heterocycles. The Morgan fingerprint density at radius 2 is 1.54 bits per heavy atom. The molecule has 0 amide bonds. The van der Waals surface area contributed by atoms with Crippen molar-refractivity contribution in [2.24, 2.45) is 0 Å². The van der Waals surface area contributed by atoms with Crippen LogP contribution >= 0.6 is 0 Å². The predicted octanol–water partition coefficient (Wildman–Crippen LogP) is 4.04. The number of benzene rings is 2. The summed E-state index contributed by atoms with van der Waals surface area (Å²) in [5, 5.41) is 6.54. The Labute approximate surface area is 204 Å². The van der Waals surface area contributed by atoms with Crippen LogP contribution in [0.25, 0.3) is 21.7 Å². The van der Waals surface area contributed by atoms with E-state index in [1.165, 1.54) is 11.8 Å². The summed E-state index contributed by atoms with van der Waals surface area (Å²) < 4.78 is 23.5. The zero-order chi connectivity index (χ0) is 24.4. The van der Waals surface area contributed by atoms with E-state index < -0.39 is 9.84 Å². The van der Waals surface area contributed by atoms with Gasteiger partial charge in [-0.1, -0.05) is 18.2 Å². The standard InChI is InChI=1S/C27H25N5O2S/c1-35(33,34)26-7-4-22-12-18(3-6-25(22)32-26)14-23-15-20(8-10-30-23)17-29-16-19-2-5-24-21(13-19)9-11-31-27(24)28/h2-13,15,29H,14,16-17H2,1H3,(H2,28,31). The number of hydrogen-bond acceptors (Lipinski definition) is 7. The van der Waals surface area contributed by atoms with Crippen molar-refractivity contribution in [2.75, 3.05) is 12.0 Å². The number of sulfone groups is 1. The van der Waals surface area contributed by atoms with Crippen LogP contribution in [0.15, 0.2) is 84.1 Å². The maximum Gasteiger partial charge on any atom is 0.192 e. The first-order valence-electron chi connectivity index (χ1n) is 11.2. The number of aromatic nitrogens is 3. The zero-order valence-electron chi connectivity index (χ0n) is 19.3. The molecule has 5 aromatic rings. The van der Waals surface area contributed by atoms with Crippen LogP contribution < -0.4 is 11.1 Å². The zero-order valence-corrected chi connectivity index (χ0v) is 20.1. The Morgan fingerprint density at radius 3 is 2.37 bits per heavy atom. The number of anilines is 1. The van der Waals surface area contributed by atoms with E-state index in [0.717, 1.165) is 46.1 Å². The van der Waals surface area contributed by atoms with Gasteiger partial charge in [0.1, 0.15) is 5.82 Å². The minimum atomic E-state index is -3.33. The third-order valence-corrected chi connectivity index (χ3v) is 6.88. The van der Waals surface area contributed by atoms with Crippen molar-refractivity contribution >= 4 is 37.3 Å². The summed E-state index contributed by atoms with van der Waals surface area (Å²) in [5.41, 5.74) is 11.0. The Balaban J connectivity index is 1.24. The molecule has 0 fully saturated rings. The van der Waals surface area contributed by atoms with E-state index in [4.69, 9.17) is 5.73 Å². The molecule has 5 rings (SSSR count). The van der Waals surface area contributed by atoms with Crippen LogP contribution in [0.2, 0.25) is 0 Å². The molecule has 35 heavy (non-hydrogen) atoms. The molecule has 3 N–H and O–H groups in total.